The molecule has 0 fully saturated rings. The highest BCUT2D eigenvalue weighted by Gasteiger charge is 2.17. The van der Waals surface area contributed by atoms with Crippen molar-refractivity contribution in [3.05, 3.63) is 45.9 Å². The van der Waals surface area contributed by atoms with Crippen molar-refractivity contribution in [1.29, 1.82) is 5.26 Å². The Labute approximate surface area is 121 Å². The van der Waals surface area contributed by atoms with Crippen molar-refractivity contribution in [3.8, 4) is 17.2 Å². The molecular weight excluding hydrogens is 277 g/mol. The molecular formula is C15H13ClFN3. The van der Waals surface area contributed by atoms with Gasteiger partial charge in [0.15, 0.2) is 0 Å². The summed E-state index contributed by atoms with van der Waals surface area (Å²) in [5, 5.41) is 9.35. The van der Waals surface area contributed by atoms with E-state index in [9.17, 15) is 9.65 Å². The monoisotopic (exact) mass is 289 g/mol. The van der Waals surface area contributed by atoms with E-state index in [1.807, 2.05) is 13.8 Å². The number of aromatic nitrogens is 1. The lowest BCUT2D eigenvalue weighted by Crippen LogP contribution is -2.05. The molecule has 3 nitrogen and oxygen atoms in total. The molecule has 0 aliphatic carbocycles. The van der Waals surface area contributed by atoms with Crippen LogP contribution in [-0.2, 0) is 6.42 Å². The van der Waals surface area contributed by atoms with Gasteiger partial charge < -0.3 is 5.73 Å². The summed E-state index contributed by atoms with van der Waals surface area (Å²) in [6, 6.07) is 6.52. The molecule has 0 aliphatic rings. The van der Waals surface area contributed by atoms with Crippen molar-refractivity contribution in [1.82, 2.24) is 4.98 Å². The third-order valence-electron chi connectivity index (χ3n) is 3.21. The van der Waals surface area contributed by atoms with Crippen molar-refractivity contribution in [2.75, 3.05) is 5.73 Å². The maximum Gasteiger partial charge on any atom is 0.142 e. The molecule has 102 valence electrons. The van der Waals surface area contributed by atoms with Crippen LogP contribution in [0.15, 0.2) is 18.2 Å². The highest BCUT2D eigenvalue weighted by molar-refractivity contribution is 6.30. The summed E-state index contributed by atoms with van der Waals surface area (Å²) in [5.74, 6) is -0.365. The fraction of sp³-hybridized carbons (Fsp3) is 0.200. The van der Waals surface area contributed by atoms with Gasteiger partial charge in [-0.05, 0) is 36.6 Å². The van der Waals surface area contributed by atoms with E-state index in [4.69, 9.17) is 17.3 Å². The largest absolute Gasteiger partial charge is 0.383 e. The normalized spacial score (nSPS) is 10.3. The van der Waals surface area contributed by atoms with Crippen LogP contribution in [0.25, 0.3) is 11.1 Å². The Balaban J connectivity index is 2.84. The first-order chi connectivity index (χ1) is 9.49. The Kier molecular flexibility index (Phi) is 3.91. The fourth-order valence-corrected chi connectivity index (χ4v) is 2.40. The maximum absolute atomic E-state index is 13.7. The zero-order valence-corrected chi connectivity index (χ0v) is 11.9. The van der Waals surface area contributed by atoms with Crippen LogP contribution in [0.3, 0.4) is 0 Å². The standard InChI is InChI=1S/C15H13ClFN3/c1-3-10-8(2)20-15(19)11(7-18)14(10)9-4-5-12(16)13(17)6-9/h4-6H,3H2,1-2H3,(H2,19,20). The summed E-state index contributed by atoms with van der Waals surface area (Å²) in [4.78, 5) is 4.18. The Hall–Kier alpha value is -2.12. The van der Waals surface area contributed by atoms with E-state index in [0.29, 0.717) is 17.5 Å². The zero-order valence-electron chi connectivity index (χ0n) is 11.2. The van der Waals surface area contributed by atoms with Crippen molar-refractivity contribution >= 4 is 17.4 Å². The van der Waals surface area contributed by atoms with Gasteiger partial charge in [-0.15, -0.1) is 0 Å². The molecule has 1 heterocycles. The number of nitrogen functional groups attached to an aromatic ring is 1. The molecule has 2 N–H and O–H groups in total. The van der Waals surface area contributed by atoms with Gasteiger partial charge >= 0.3 is 0 Å². The number of anilines is 1. The van der Waals surface area contributed by atoms with E-state index in [1.54, 1.807) is 6.07 Å². The quantitative estimate of drug-likeness (QED) is 0.913. The van der Waals surface area contributed by atoms with E-state index in [0.717, 1.165) is 11.3 Å². The van der Waals surface area contributed by atoms with E-state index in [2.05, 4.69) is 11.1 Å². The molecule has 1 aromatic carbocycles. The van der Waals surface area contributed by atoms with Crippen molar-refractivity contribution in [3.63, 3.8) is 0 Å². The number of hydrogen-bond acceptors (Lipinski definition) is 3. The number of pyridine rings is 1. The molecule has 0 unspecified atom stereocenters. The summed E-state index contributed by atoms with van der Waals surface area (Å²) in [5.41, 5.74) is 8.93. The van der Waals surface area contributed by atoms with Crippen LogP contribution >= 0.6 is 11.6 Å². The predicted molar refractivity (Wildman–Crippen MR) is 77.9 cm³/mol. The van der Waals surface area contributed by atoms with Crippen LogP contribution in [0, 0.1) is 24.1 Å². The van der Waals surface area contributed by atoms with Gasteiger partial charge in [0, 0.05) is 11.3 Å². The zero-order chi connectivity index (χ0) is 14.9. The second kappa shape index (κ2) is 5.48. The van der Waals surface area contributed by atoms with Crippen LogP contribution in [0.4, 0.5) is 10.2 Å². The number of nitrogens with two attached hydrogens (primary N) is 1. The highest BCUT2D eigenvalue weighted by Crippen LogP contribution is 2.33. The van der Waals surface area contributed by atoms with Gasteiger partial charge in [0.1, 0.15) is 23.3 Å². The number of hydrogen-bond donors (Lipinski definition) is 1. The molecule has 0 saturated carbocycles. The molecule has 1 aromatic heterocycles. The van der Waals surface area contributed by atoms with Gasteiger partial charge in [0.25, 0.3) is 0 Å². The van der Waals surface area contributed by atoms with E-state index in [-0.39, 0.29) is 16.4 Å². The van der Waals surface area contributed by atoms with Crippen LogP contribution in [-0.4, -0.2) is 4.98 Å². The second-order valence-electron chi connectivity index (χ2n) is 4.41. The van der Waals surface area contributed by atoms with Crippen molar-refractivity contribution in [2.24, 2.45) is 0 Å². The average Bonchev–Trinajstić information content (AvgIpc) is 2.41. The Morgan fingerprint density at radius 2 is 2.15 bits per heavy atom. The topological polar surface area (TPSA) is 62.7 Å². The van der Waals surface area contributed by atoms with Crippen LogP contribution in [0.2, 0.25) is 5.02 Å². The highest BCUT2D eigenvalue weighted by atomic mass is 35.5. The van der Waals surface area contributed by atoms with Gasteiger partial charge in [-0.1, -0.05) is 24.6 Å². The number of aryl methyl sites for hydroxylation is 1. The molecule has 0 bridgehead atoms. The van der Waals surface area contributed by atoms with Gasteiger partial charge in [-0.25, -0.2) is 9.37 Å². The minimum atomic E-state index is -0.525. The molecule has 5 heteroatoms. The fourth-order valence-electron chi connectivity index (χ4n) is 2.28. The summed E-state index contributed by atoms with van der Waals surface area (Å²) < 4.78 is 13.7. The number of halogens is 2. The minimum absolute atomic E-state index is 0.0454. The first-order valence-electron chi connectivity index (χ1n) is 6.14. The summed E-state index contributed by atoms with van der Waals surface area (Å²) in [6.07, 6.45) is 0.674. The van der Waals surface area contributed by atoms with Gasteiger partial charge in [0.2, 0.25) is 0 Å². The molecule has 0 aliphatic heterocycles. The first kappa shape index (κ1) is 14.3. The third kappa shape index (κ3) is 2.33. The van der Waals surface area contributed by atoms with E-state index in [1.165, 1.54) is 12.1 Å². The van der Waals surface area contributed by atoms with Crippen LogP contribution in [0.5, 0.6) is 0 Å². The smallest absolute Gasteiger partial charge is 0.142 e. The van der Waals surface area contributed by atoms with Gasteiger partial charge in [-0.3, -0.25) is 0 Å². The Bertz CT molecular complexity index is 720. The lowest BCUT2D eigenvalue weighted by molar-refractivity contribution is 0.629. The SMILES string of the molecule is CCc1c(C)nc(N)c(C#N)c1-c1ccc(Cl)c(F)c1. The molecule has 20 heavy (non-hydrogen) atoms. The average molecular weight is 290 g/mol. The Morgan fingerprint density at radius 3 is 2.70 bits per heavy atom. The number of rotatable bonds is 2. The number of benzene rings is 1. The summed E-state index contributed by atoms with van der Waals surface area (Å²) >= 11 is 5.70. The second-order valence-corrected chi connectivity index (χ2v) is 4.81. The molecule has 0 radical (unpaired) electrons. The lowest BCUT2D eigenvalue weighted by atomic mass is 9.93. The molecule has 2 aromatic rings. The number of nitriles is 1. The first-order valence-corrected chi connectivity index (χ1v) is 6.51. The molecule has 0 atom stereocenters. The lowest BCUT2D eigenvalue weighted by Gasteiger charge is -2.14. The molecule has 0 amide bonds. The minimum Gasteiger partial charge on any atom is -0.383 e. The van der Waals surface area contributed by atoms with E-state index >= 15 is 0 Å². The number of nitrogens with zero attached hydrogens (tertiary/aromatic N) is 2. The van der Waals surface area contributed by atoms with Gasteiger partial charge in [0.05, 0.1) is 5.02 Å². The summed E-state index contributed by atoms with van der Waals surface area (Å²) in [6.45, 7) is 3.78. The maximum atomic E-state index is 13.7. The predicted octanol–water partition coefficient (Wildman–Crippen LogP) is 3.87. The molecule has 0 saturated heterocycles. The third-order valence-corrected chi connectivity index (χ3v) is 3.51. The Morgan fingerprint density at radius 1 is 1.45 bits per heavy atom. The van der Waals surface area contributed by atoms with Crippen molar-refractivity contribution < 1.29 is 4.39 Å². The molecule has 0 spiro atoms. The van der Waals surface area contributed by atoms with Gasteiger partial charge in [-0.2, -0.15) is 5.26 Å². The molecule has 2 rings (SSSR count). The van der Waals surface area contributed by atoms with E-state index < -0.39 is 5.82 Å². The van der Waals surface area contributed by atoms with Crippen LogP contribution in [0.1, 0.15) is 23.7 Å². The van der Waals surface area contributed by atoms with Crippen LogP contribution < -0.4 is 5.73 Å². The summed E-state index contributed by atoms with van der Waals surface area (Å²) in [7, 11) is 0. The van der Waals surface area contributed by atoms with Crippen molar-refractivity contribution in [2.45, 2.75) is 20.3 Å².